The fourth-order valence-corrected chi connectivity index (χ4v) is 3.86. The molecule has 0 aliphatic heterocycles. The van der Waals surface area contributed by atoms with Crippen LogP contribution in [0.5, 0.6) is 0 Å². The maximum Gasteiger partial charge on any atom is 0.0635 e. The molecule has 1 heterocycles. The highest BCUT2D eigenvalue weighted by molar-refractivity contribution is 9.10. The fraction of sp³-hybridized carbons (Fsp3) is 0.800. The summed E-state index contributed by atoms with van der Waals surface area (Å²) in [6.45, 7) is 5.09. The van der Waals surface area contributed by atoms with Gasteiger partial charge in [-0.05, 0) is 61.2 Å². The second kappa shape index (κ2) is 7.05. The van der Waals surface area contributed by atoms with Crippen molar-refractivity contribution in [3.05, 3.63) is 16.4 Å². The van der Waals surface area contributed by atoms with Crippen molar-refractivity contribution in [1.82, 2.24) is 14.7 Å². The van der Waals surface area contributed by atoms with E-state index in [9.17, 15) is 0 Å². The second-order valence-corrected chi connectivity index (χ2v) is 7.28. The average molecular weight is 343 g/mol. The minimum Gasteiger partial charge on any atom is -0.330 e. The highest BCUT2D eigenvalue weighted by atomic mass is 79.9. The van der Waals surface area contributed by atoms with Crippen molar-refractivity contribution >= 4 is 15.9 Å². The van der Waals surface area contributed by atoms with E-state index in [0.29, 0.717) is 11.8 Å². The Hall–Kier alpha value is -0.390. The summed E-state index contributed by atoms with van der Waals surface area (Å²) in [6.07, 6.45) is 5.72. The molecule has 0 saturated heterocycles. The van der Waals surface area contributed by atoms with E-state index in [4.69, 9.17) is 5.73 Å². The van der Waals surface area contributed by atoms with Crippen LogP contribution >= 0.6 is 15.9 Å². The van der Waals surface area contributed by atoms with Crippen LogP contribution in [0.3, 0.4) is 0 Å². The van der Waals surface area contributed by atoms with E-state index in [0.717, 1.165) is 30.0 Å². The summed E-state index contributed by atoms with van der Waals surface area (Å²) in [5.74, 6) is 1.92. The van der Waals surface area contributed by atoms with Gasteiger partial charge < -0.3 is 10.6 Å². The maximum atomic E-state index is 6.01. The van der Waals surface area contributed by atoms with E-state index in [-0.39, 0.29) is 0 Å². The molecule has 114 valence electrons. The third kappa shape index (κ3) is 3.62. The van der Waals surface area contributed by atoms with Crippen molar-refractivity contribution in [2.45, 2.75) is 38.6 Å². The molecule has 0 amide bonds. The topological polar surface area (TPSA) is 47.1 Å². The quantitative estimate of drug-likeness (QED) is 0.894. The van der Waals surface area contributed by atoms with Gasteiger partial charge in [0.15, 0.2) is 0 Å². The van der Waals surface area contributed by atoms with Gasteiger partial charge >= 0.3 is 0 Å². The molecule has 0 aromatic carbocycles. The van der Waals surface area contributed by atoms with Crippen LogP contribution in [0.4, 0.5) is 0 Å². The first-order valence-electron chi connectivity index (χ1n) is 7.59. The summed E-state index contributed by atoms with van der Waals surface area (Å²) in [7, 11) is 4.20. The van der Waals surface area contributed by atoms with Gasteiger partial charge in [0.1, 0.15) is 0 Å². The number of hydrogen-bond acceptors (Lipinski definition) is 3. The molecule has 2 N–H and O–H groups in total. The van der Waals surface area contributed by atoms with Crippen LogP contribution in [-0.2, 0) is 6.54 Å². The molecule has 1 aliphatic carbocycles. The van der Waals surface area contributed by atoms with E-state index in [1.54, 1.807) is 0 Å². The molecule has 3 atom stereocenters. The lowest BCUT2D eigenvalue weighted by atomic mass is 9.73. The number of likely N-dealkylation sites (N-methyl/N-ethyl adjacent to an activating group) is 1. The third-order valence-electron chi connectivity index (χ3n) is 4.50. The molecule has 1 saturated carbocycles. The Morgan fingerprint density at radius 1 is 1.45 bits per heavy atom. The molecule has 1 fully saturated rings. The van der Waals surface area contributed by atoms with Crippen molar-refractivity contribution < 1.29 is 0 Å². The molecule has 1 aliphatic rings. The van der Waals surface area contributed by atoms with Gasteiger partial charge in [-0.25, -0.2) is 0 Å². The molecule has 20 heavy (non-hydrogen) atoms. The Morgan fingerprint density at radius 2 is 2.20 bits per heavy atom. The van der Waals surface area contributed by atoms with Crippen molar-refractivity contribution in [2.75, 3.05) is 27.2 Å². The Kier molecular flexibility index (Phi) is 5.64. The van der Waals surface area contributed by atoms with Crippen molar-refractivity contribution in [3.8, 4) is 0 Å². The van der Waals surface area contributed by atoms with Gasteiger partial charge in [0.2, 0.25) is 0 Å². The predicted molar refractivity (Wildman–Crippen MR) is 86.8 cm³/mol. The molecule has 0 bridgehead atoms. The first-order valence-corrected chi connectivity index (χ1v) is 8.38. The molecule has 1 aromatic heterocycles. The molecular formula is C15H27BrN4. The van der Waals surface area contributed by atoms with Gasteiger partial charge in [-0.2, -0.15) is 5.10 Å². The highest BCUT2D eigenvalue weighted by Gasteiger charge is 2.32. The van der Waals surface area contributed by atoms with Crippen LogP contribution in [0.2, 0.25) is 0 Å². The normalized spacial score (nSPS) is 27.2. The standard InChI is InChI=1S/C15H27BrN4/c1-11-4-5-12(9-17)13(8-11)15-14(16)10-18-20(15)7-6-19(2)3/h10-13H,4-9,17H2,1-3H3. The van der Waals surface area contributed by atoms with Crippen LogP contribution in [0.15, 0.2) is 10.7 Å². The first kappa shape index (κ1) is 16.0. The second-order valence-electron chi connectivity index (χ2n) is 6.42. The zero-order valence-corrected chi connectivity index (χ0v) is 14.4. The van der Waals surface area contributed by atoms with Crippen LogP contribution in [0.25, 0.3) is 0 Å². The summed E-state index contributed by atoms with van der Waals surface area (Å²) in [4.78, 5) is 2.20. The Balaban J connectivity index is 2.22. The summed E-state index contributed by atoms with van der Waals surface area (Å²) in [6, 6.07) is 0. The zero-order valence-electron chi connectivity index (χ0n) is 12.8. The fourth-order valence-electron chi connectivity index (χ4n) is 3.27. The molecule has 4 nitrogen and oxygen atoms in total. The largest absolute Gasteiger partial charge is 0.330 e. The summed E-state index contributed by atoms with van der Waals surface area (Å²) >= 11 is 3.70. The monoisotopic (exact) mass is 342 g/mol. The highest BCUT2D eigenvalue weighted by Crippen LogP contribution is 2.42. The van der Waals surface area contributed by atoms with E-state index in [1.807, 2.05) is 6.20 Å². The number of halogens is 1. The smallest absolute Gasteiger partial charge is 0.0635 e. The molecular weight excluding hydrogens is 316 g/mol. The number of aromatic nitrogens is 2. The van der Waals surface area contributed by atoms with Gasteiger partial charge in [-0.3, -0.25) is 4.68 Å². The van der Waals surface area contributed by atoms with Crippen LogP contribution in [-0.4, -0.2) is 41.9 Å². The third-order valence-corrected chi connectivity index (χ3v) is 5.11. The van der Waals surface area contributed by atoms with Crippen LogP contribution < -0.4 is 5.73 Å². The predicted octanol–water partition coefficient (Wildman–Crippen LogP) is 2.69. The van der Waals surface area contributed by atoms with E-state index < -0.39 is 0 Å². The van der Waals surface area contributed by atoms with E-state index in [2.05, 4.69) is 51.6 Å². The van der Waals surface area contributed by atoms with Gasteiger partial charge in [-0.15, -0.1) is 0 Å². The zero-order chi connectivity index (χ0) is 14.7. The van der Waals surface area contributed by atoms with Crippen molar-refractivity contribution in [2.24, 2.45) is 17.6 Å². The SMILES string of the molecule is CC1CCC(CN)C(c2c(Br)cnn2CCN(C)C)C1. The van der Waals surface area contributed by atoms with E-state index in [1.165, 1.54) is 25.0 Å². The van der Waals surface area contributed by atoms with Gasteiger partial charge in [0, 0.05) is 12.5 Å². The van der Waals surface area contributed by atoms with Gasteiger partial charge in [-0.1, -0.05) is 13.3 Å². The summed E-state index contributed by atoms with van der Waals surface area (Å²) in [5.41, 5.74) is 7.37. The molecule has 0 radical (unpaired) electrons. The number of rotatable bonds is 5. The lowest BCUT2D eigenvalue weighted by molar-refractivity contribution is 0.241. The minimum absolute atomic E-state index is 0.544. The Labute approximate surface area is 130 Å². The Morgan fingerprint density at radius 3 is 2.85 bits per heavy atom. The molecule has 2 rings (SSSR count). The molecule has 3 unspecified atom stereocenters. The summed E-state index contributed by atoms with van der Waals surface area (Å²) in [5, 5.41) is 4.56. The molecule has 5 heteroatoms. The summed E-state index contributed by atoms with van der Waals surface area (Å²) < 4.78 is 3.32. The Bertz CT molecular complexity index is 430. The number of nitrogens with zero attached hydrogens (tertiary/aromatic N) is 3. The van der Waals surface area contributed by atoms with Crippen molar-refractivity contribution in [3.63, 3.8) is 0 Å². The lowest BCUT2D eigenvalue weighted by Gasteiger charge is -2.35. The van der Waals surface area contributed by atoms with Gasteiger partial charge in [0.05, 0.1) is 22.9 Å². The first-order chi connectivity index (χ1) is 9.52. The van der Waals surface area contributed by atoms with Gasteiger partial charge in [0.25, 0.3) is 0 Å². The van der Waals surface area contributed by atoms with Crippen LogP contribution in [0.1, 0.15) is 37.8 Å². The minimum atomic E-state index is 0.544. The van der Waals surface area contributed by atoms with Crippen LogP contribution in [0, 0.1) is 11.8 Å². The lowest BCUT2D eigenvalue weighted by Crippen LogP contribution is -2.31. The maximum absolute atomic E-state index is 6.01. The number of hydrogen-bond donors (Lipinski definition) is 1. The molecule has 0 spiro atoms. The van der Waals surface area contributed by atoms with Crippen molar-refractivity contribution in [1.29, 1.82) is 0 Å². The average Bonchev–Trinajstić information content (AvgIpc) is 2.77. The number of nitrogens with two attached hydrogens (primary N) is 1. The molecule has 1 aromatic rings. The van der Waals surface area contributed by atoms with E-state index >= 15 is 0 Å².